The number of carbonyl (C=O) groups excluding carboxylic acids is 1. The van der Waals surface area contributed by atoms with Gasteiger partial charge in [0.15, 0.2) is 11.5 Å². The third-order valence-electron chi connectivity index (χ3n) is 7.15. The van der Waals surface area contributed by atoms with Crippen LogP contribution in [0.25, 0.3) is 0 Å². The molecule has 2 aromatic rings. The molecule has 0 radical (unpaired) electrons. The number of rotatable bonds is 15. The summed E-state index contributed by atoms with van der Waals surface area (Å²) in [6.45, 7) is 14.0. The number of aryl methyl sites for hydroxylation is 1. The number of hydrogen-bond acceptors (Lipinski definition) is 9. The summed E-state index contributed by atoms with van der Waals surface area (Å²) >= 11 is 0. The number of aromatic nitrogens is 2. The zero-order valence-electron chi connectivity index (χ0n) is 24.6. The van der Waals surface area contributed by atoms with Crippen LogP contribution in [0, 0.1) is 5.92 Å². The molecule has 1 unspecified atom stereocenters. The van der Waals surface area contributed by atoms with Gasteiger partial charge in [0.1, 0.15) is 11.9 Å². The summed E-state index contributed by atoms with van der Waals surface area (Å²) in [5.74, 6) is 3.40. The normalized spacial score (nSPS) is 15.4. The van der Waals surface area contributed by atoms with Crippen molar-refractivity contribution in [2.75, 3.05) is 67.8 Å². The minimum absolute atomic E-state index is 0.00203. The van der Waals surface area contributed by atoms with Gasteiger partial charge in [-0.15, -0.1) is 0 Å². The lowest BCUT2D eigenvalue weighted by molar-refractivity contribution is -0.122. The number of carbonyl (C=O) groups is 1. The van der Waals surface area contributed by atoms with Gasteiger partial charge in [0.2, 0.25) is 18.6 Å². The molecule has 1 aromatic carbocycles. The quantitative estimate of drug-likeness (QED) is 0.313. The van der Waals surface area contributed by atoms with E-state index in [1.807, 2.05) is 19.1 Å². The first-order valence-corrected chi connectivity index (χ1v) is 14.9. The van der Waals surface area contributed by atoms with Gasteiger partial charge < -0.3 is 34.6 Å². The van der Waals surface area contributed by atoms with E-state index in [9.17, 15) is 4.79 Å². The average molecular weight is 555 g/mol. The van der Waals surface area contributed by atoms with Crippen molar-refractivity contribution in [2.45, 2.75) is 65.8 Å². The average Bonchev–Trinajstić information content (AvgIpc) is 3.43. The van der Waals surface area contributed by atoms with E-state index in [4.69, 9.17) is 24.2 Å². The number of nitrogens with zero attached hydrogens (tertiary/aromatic N) is 4. The molecule has 1 fully saturated rings. The van der Waals surface area contributed by atoms with E-state index in [0.29, 0.717) is 31.5 Å². The molecule has 2 aliphatic rings. The second-order valence-electron chi connectivity index (χ2n) is 10.8. The van der Waals surface area contributed by atoms with Crippen molar-refractivity contribution >= 4 is 23.4 Å². The first kappa shape index (κ1) is 29.7. The van der Waals surface area contributed by atoms with Crippen molar-refractivity contribution in [1.29, 1.82) is 0 Å². The molecule has 1 atom stereocenters. The standard InChI is InChI=1S/C30H46N6O4/c1-5-7-9-23-19-28(33-25(18-22(3)4)29(37)31-12-8-17-38-6-2)34-30(32-23)36-15-13-35(14-16-36)24-10-11-26-27(20-24)40-21-39-26/h10-11,19-20,22,25H,5-9,12-18,21H2,1-4H3,(H,31,37)(H,32,33,34). The topological polar surface area (TPSA) is 101 Å². The number of nitrogens with one attached hydrogen (secondary N) is 2. The zero-order valence-corrected chi connectivity index (χ0v) is 24.6. The van der Waals surface area contributed by atoms with Crippen LogP contribution in [0.3, 0.4) is 0 Å². The molecule has 4 rings (SSSR count). The highest BCUT2D eigenvalue weighted by Crippen LogP contribution is 2.35. The van der Waals surface area contributed by atoms with E-state index < -0.39 is 0 Å². The van der Waals surface area contributed by atoms with Gasteiger partial charge in [0.25, 0.3) is 0 Å². The van der Waals surface area contributed by atoms with Gasteiger partial charge in [-0.05, 0) is 50.7 Å². The van der Waals surface area contributed by atoms with Crippen LogP contribution in [0.2, 0.25) is 0 Å². The lowest BCUT2D eigenvalue weighted by Gasteiger charge is -2.36. The van der Waals surface area contributed by atoms with E-state index in [1.54, 1.807) is 0 Å². The fourth-order valence-electron chi connectivity index (χ4n) is 4.97. The summed E-state index contributed by atoms with van der Waals surface area (Å²) in [6.07, 6.45) is 4.55. The van der Waals surface area contributed by atoms with E-state index >= 15 is 0 Å². The maximum absolute atomic E-state index is 13.1. The second-order valence-corrected chi connectivity index (χ2v) is 10.8. The van der Waals surface area contributed by atoms with Gasteiger partial charge >= 0.3 is 0 Å². The Morgan fingerprint density at radius 2 is 1.80 bits per heavy atom. The van der Waals surface area contributed by atoms with Crippen LogP contribution in [-0.2, 0) is 16.0 Å². The van der Waals surface area contributed by atoms with Crippen molar-refractivity contribution in [3.8, 4) is 11.5 Å². The Hall–Kier alpha value is -3.27. The minimum Gasteiger partial charge on any atom is -0.454 e. The molecule has 1 amide bonds. The van der Waals surface area contributed by atoms with Crippen LogP contribution >= 0.6 is 0 Å². The summed E-state index contributed by atoms with van der Waals surface area (Å²) in [5, 5.41) is 6.53. The summed E-state index contributed by atoms with van der Waals surface area (Å²) < 4.78 is 16.4. The molecule has 0 bridgehead atoms. The van der Waals surface area contributed by atoms with E-state index in [-0.39, 0.29) is 18.7 Å². The summed E-state index contributed by atoms with van der Waals surface area (Å²) in [5.41, 5.74) is 2.14. The van der Waals surface area contributed by atoms with E-state index in [0.717, 1.165) is 87.1 Å². The molecule has 2 N–H and O–H groups in total. The van der Waals surface area contributed by atoms with Crippen molar-refractivity contribution < 1.29 is 19.0 Å². The lowest BCUT2D eigenvalue weighted by atomic mass is 10.0. The smallest absolute Gasteiger partial charge is 0.242 e. The first-order valence-electron chi connectivity index (χ1n) is 14.9. The molecule has 0 spiro atoms. The number of fused-ring (bicyclic) bond motifs is 1. The SMILES string of the molecule is CCCCc1cc(NC(CC(C)C)C(=O)NCCCOCC)nc(N2CCN(c3ccc4c(c3)OCO4)CC2)n1. The zero-order chi connectivity index (χ0) is 28.3. The largest absolute Gasteiger partial charge is 0.454 e. The number of hydrogen-bond donors (Lipinski definition) is 2. The van der Waals surface area contributed by atoms with Crippen LogP contribution in [0.1, 0.15) is 59.1 Å². The molecule has 0 saturated carbocycles. The van der Waals surface area contributed by atoms with Crippen LogP contribution in [0.5, 0.6) is 11.5 Å². The van der Waals surface area contributed by atoms with Crippen LogP contribution in [-0.4, -0.2) is 74.6 Å². The molecule has 1 aromatic heterocycles. The fraction of sp³-hybridized carbons (Fsp3) is 0.633. The maximum atomic E-state index is 13.1. The Morgan fingerprint density at radius 3 is 2.55 bits per heavy atom. The van der Waals surface area contributed by atoms with Gasteiger partial charge in [-0.25, -0.2) is 4.98 Å². The van der Waals surface area contributed by atoms with Crippen molar-refractivity contribution in [2.24, 2.45) is 5.92 Å². The summed E-state index contributed by atoms with van der Waals surface area (Å²) in [6, 6.07) is 7.77. The van der Waals surface area contributed by atoms with Crippen molar-refractivity contribution in [1.82, 2.24) is 15.3 Å². The molecule has 220 valence electrons. The number of unbranched alkanes of at least 4 members (excludes halogenated alkanes) is 1. The molecular formula is C30H46N6O4. The molecule has 10 heteroatoms. The predicted octanol–water partition coefficient (Wildman–Crippen LogP) is 4.24. The van der Waals surface area contributed by atoms with Gasteiger partial charge in [0.05, 0.1) is 0 Å². The molecule has 1 saturated heterocycles. The third kappa shape index (κ3) is 8.36. The molecule has 0 aliphatic carbocycles. The highest BCUT2D eigenvalue weighted by atomic mass is 16.7. The molecule has 10 nitrogen and oxygen atoms in total. The molecule has 3 heterocycles. The Balaban J connectivity index is 1.43. The number of anilines is 3. The number of piperazine rings is 1. The van der Waals surface area contributed by atoms with Crippen LogP contribution in [0.4, 0.5) is 17.5 Å². The molecule has 40 heavy (non-hydrogen) atoms. The Labute approximate surface area is 238 Å². The maximum Gasteiger partial charge on any atom is 0.242 e. The second kappa shape index (κ2) is 14.9. The van der Waals surface area contributed by atoms with Crippen LogP contribution < -0.4 is 29.9 Å². The monoisotopic (exact) mass is 554 g/mol. The van der Waals surface area contributed by atoms with Crippen molar-refractivity contribution in [3.05, 3.63) is 30.0 Å². The Morgan fingerprint density at radius 1 is 1.02 bits per heavy atom. The van der Waals surface area contributed by atoms with Gasteiger partial charge in [0, 0.05) is 69.5 Å². The number of benzene rings is 1. The Kier molecular flexibility index (Phi) is 11.1. The highest BCUT2D eigenvalue weighted by Gasteiger charge is 2.24. The predicted molar refractivity (Wildman–Crippen MR) is 159 cm³/mol. The van der Waals surface area contributed by atoms with Gasteiger partial charge in [-0.1, -0.05) is 27.2 Å². The van der Waals surface area contributed by atoms with Crippen molar-refractivity contribution in [3.63, 3.8) is 0 Å². The fourth-order valence-corrected chi connectivity index (χ4v) is 4.97. The highest BCUT2D eigenvalue weighted by molar-refractivity contribution is 5.84. The van der Waals surface area contributed by atoms with E-state index in [2.05, 4.69) is 53.3 Å². The summed E-state index contributed by atoms with van der Waals surface area (Å²) in [7, 11) is 0. The number of amides is 1. The van der Waals surface area contributed by atoms with Gasteiger partial charge in [-0.2, -0.15) is 4.98 Å². The number of ether oxygens (including phenoxy) is 3. The Bertz CT molecular complexity index is 1090. The third-order valence-corrected chi connectivity index (χ3v) is 7.15. The minimum atomic E-state index is -0.364. The molecule has 2 aliphatic heterocycles. The first-order chi connectivity index (χ1) is 19.5. The van der Waals surface area contributed by atoms with E-state index in [1.165, 1.54) is 0 Å². The summed E-state index contributed by atoms with van der Waals surface area (Å²) in [4.78, 5) is 27.6. The lowest BCUT2D eigenvalue weighted by Crippen LogP contribution is -2.47. The van der Waals surface area contributed by atoms with Gasteiger partial charge in [-0.3, -0.25) is 4.79 Å². The van der Waals surface area contributed by atoms with Crippen LogP contribution in [0.15, 0.2) is 24.3 Å². The molecular weight excluding hydrogens is 508 g/mol.